The summed E-state index contributed by atoms with van der Waals surface area (Å²) < 4.78 is 10.2. The van der Waals surface area contributed by atoms with E-state index in [1.807, 2.05) is 50.2 Å². The van der Waals surface area contributed by atoms with Crippen molar-refractivity contribution in [1.29, 1.82) is 0 Å². The number of nitrogens with one attached hydrogen (secondary N) is 2. The van der Waals surface area contributed by atoms with Gasteiger partial charge in [0.05, 0.1) is 12.2 Å². The van der Waals surface area contributed by atoms with Crippen LogP contribution in [0.4, 0.5) is 10.5 Å². The van der Waals surface area contributed by atoms with E-state index in [1.165, 1.54) is 12.6 Å². The highest BCUT2D eigenvalue weighted by molar-refractivity contribution is 5.91. The van der Waals surface area contributed by atoms with Gasteiger partial charge in [0.25, 0.3) is 5.91 Å². The van der Waals surface area contributed by atoms with Crippen molar-refractivity contribution in [2.75, 3.05) is 5.32 Å². The van der Waals surface area contributed by atoms with E-state index >= 15 is 0 Å². The summed E-state index contributed by atoms with van der Waals surface area (Å²) in [6.45, 7) is 4.06. The van der Waals surface area contributed by atoms with E-state index in [4.69, 9.17) is 9.15 Å². The van der Waals surface area contributed by atoms with Gasteiger partial charge >= 0.3 is 6.09 Å². The zero-order valence-electron chi connectivity index (χ0n) is 15.6. The number of rotatable bonds is 6. The number of aromatic nitrogens is 1. The van der Waals surface area contributed by atoms with Crippen LogP contribution in [-0.4, -0.2) is 17.0 Å². The van der Waals surface area contributed by atoms with Crippen molar-refractivity contribution in [3.05, 3.63) is 83.6 Å². The molecule has 1 aromatic heterocycles. The number of hydrogen-bond donors (Lipinski definition) is 2. The van der Waals surface area contributed by atoms with Crippen molar-refractivity contribution < 1.29 is 21.6 Å². The topological polar surface area (TPSA) is 93.5 Å². The second-order valence-corrected chi connectivity index (χ2v) is 6.37. The second-order valence-electron chi connectivity index (χ2n) is 6.37. The van der Waals surface area contributed by atoms with Crippen molar-refractivity contribution in [2.45, 2.75) is 26.5 Å². The standard InChI is InChI=1S/C21H21N3O4.2H2/c1-14-3-5-16(6-4-14)12-27-21(26)24-18-9-7-17(8-10-18)15(2)23-20(25)19-11-22-13-28-19;;/h3-11,13,15H,12H2,1-2H3,(H,23,25)(H,24,26);2*1H/t15-;;/m0../s1. The quantitative estimate of drug-likeness (QED) is 0.643. The van der Waals surface area contributed by atoms with E-state index in [1.54, 1.807) is 12.1 Å². The van der Waals surface area contributed by atoms with Crippen molar-refractivity contribution in [3.63, 3.8) is 0 Å². The molecule has 0 aliphatic carbocycles. The molecule has 0 bridgehead atoms. The molecular formula is C21H25N3O4. The normalized spacial score (nSPS) is 11.5. The molecule has 0 fully saturated rings. The summed E-state index contributed by atoms with van der Waals surface area (Å²) >= 11 is 0. The molecule has 2 aromatic carbocycles. The third-order valence-electron chi connectivity index (χ3n) is 4.15. The van der Waals surface area contributed by atoms with Gasteiger partial charge in [-0.3, -0.25) is 10.1 Å². The predicted molar refractivity (Wildman–Crippen MR) is 108 cm³/mol. The van der Waals surface area contributed by atoms with Gasteiger partial charge in [0.2, 0.25) is 5.76 Å². The first kappa shape index (κ1) is 19.2. The molecule has 7 heteroatoms. The molecule has 0 unspecified atom stereocenters. The lowest BCUT2D eigenvalue weighted by molar-refractivity contribution is 0.0912. The molecule has 1 heterocycles. The summed E-state index contributed by atoms with van der Waals surface area (Å²) in [4.78, 5) is 27.7. The Bertz CT molecular complexity index is 930. The van der Waals surface area contributed by atoms with E-state index in [-0.39, 0.29) is 27.2 Å². The average molecular weight is 383 g/mol. The Hall–Kier alpha value is -3.61. The van der Waals surface area contributed by atoms with Gasteiger partial charge < -0.3 is 14.5 Å². The molecule has 0 aliphatic heterocycles. The summed E-state index contributed by atoms with van der Waals surface area (Å²) in [5.41, 5.74) is 3.56. The summed E-state index contributed by atoms with van der Waals surface area (Å²) in [7, 11) is 0. The molecule has 1 atom stereocenters. The first-order valence-electron chi connectivity index (χ1n) is 8.80. The van der Waals surface area contributed by atoms with E-state index in [0.717, 1.165) is 16.7 Å². The lowest BCUT2D eigenvalue weighted by Crippen LogP contribution is -2.26. The Morgan fingerprint density at radius 3 is 2.50 bits per heavy atom. The zero-order chi connectivity index (χ0) is 19.9. The molecule has 0 aliphatic rings. The lowest BCUT2D eigenvalue weighted by Gasteiger charge is -2.14. The highest BCUT2D eigenvalue weighted by Gasteiger charge is 2.14. The number of benzene rings is 2. The molecule has 2 amide bonds. The molecular weight excluding hydrogens is 358 g/mol. The van der Waals surface area contributed by atoms with Crippen LogP contribution in [0.25, 0.3) is 0 Å². The number of amides is 2. The van der Waals surface area contributed by atoms with Crippen LogP contribution in [0.5, 0.6) is 0 Å². The molecule has 3 aromatic rings. The van der Waals surface area contributed by atoms with Gasteiger partial charge in [-0.2, -0.15) is 0 Å². The number of anilines is 1. The van der Waals surface area contributed by atoms with E-state index in [2.05, 4.69) is 15.6 Å². The van der Waals surface area contributed by atoms with Gasteiger partial charge in [0.15, 0.2) is 6.39 Å². The summed E-state index contributed by atoms with van der Waals surface area (Å²) in [5.74, 6) is -0.187. The Morgan fingerprint density at radius 2 is 1.86 bits per heavy atom. The monoisotopic (exact) mass is 383 g/mol. The molecule has 28 heavy (non-hydrogen) atoms. The zero-order valence-corrected chi connectivity index (χ0v) is 15.6. The number of ether oxygens (including phenoxy) is 1. The highest BCUT2D eigenvalue weighted by atomic mass is 16.5. The molecule has 0 radical (unpaired) electrons. The Kier molecular flexibility index (Phi) is 6.06. The van der Waals surface area contributed by atoms with Crippen LogP contribution in [0, 0.1) is 6.92 Å². The van der Waals surface area contributed by atoms with Crippen LogP contribution in [0.15, 0.2) is 65.5 Å². The van der Waals surface area contributed by atoms with Crippen LogP contribution >= 0.6 is 0 Å². The van der Waals surface area contributed by atoms with Crippen LogP contribution in [-0.2, 0) is 11.3 Å². The third kappa shape index (κ3) is 5.20. The lowest BCUT2D eigenvalue weighted by atomic mass is 10.1. The SMILES string of the molecule is Cc1ccc(COC(=O)Nc2ccc([C@H](C)NC(=O)c3cnco3)cc2)cc1.[HH].[HH]. The highest BCUT2D eigenvalue weighted by Crippen LogP contribution is 2.17. The van der Waals surface area contributed by atoms with Gasteiger partial charge in [-0.15, -0.1) is 0 Å². The third-order valence-corrected chi connectivity index (χ3v) is 4.15. The molecule has 0 spiro atoms. The number of nitrogens with zero attached hydrogens (tertiary/aromatic N) is 1. The number of aryl methyl sites for hydroxylation is 1. The van der Waals surface area contributed by atoms with Crippen LogP contribution in [0.3, 0.4) is 0 Å². The van der Waals surface area contributed by atoms with E-state index < -0.39 is 6.09 Å². The van der Waals surface area contributed by atoms with Crippen molar-refractivity contribution >= 4 is 17.7 Å². The first-order valence-corrected chi connectivity index (χ1v) is 8.80. The predicted octanol–water partition coefficient (Wildman–Crippen LogP) is 4.71. The molecule has 2 N–H and O–H groups in total. The molecule has 148 valence electrons. The summed E-state index contributed by atoms with van der Waals surface area (Å²) in [6.07, 6.45) is 2.04. The smallest absolute Gasteiger partial charge is 0.411 e. The fourth-order valence-electron chi connectivity index (χ4n) is 2.52. The van der Waals surface area contributed by atoms with Gasteiger partial charge in [-0.05, 0) is 37.1 Å². The van der Waals surface area contributed by atoms with Crippen LogP contribution in [0.1, 0.15) is 43.1 Å². The molecule has 3 rings (SSSR count). The number of carbonyl (C=O) groups is 2. The maximum absolute atomic E-state index is 12.0. The summed E-state index contributed by atoms with van der Waals surface area (Å²) in [5, 5.41) is 5.50. The Morgan fingerprint density at radius 1 is 1.14 bits per heavy atom. The van der Waals surface area contributed by atoms with Crippen LogP contribution in [0.2, 0.25) is 0 Å². The van der Waals surface area contributed by atoms with Gasteiger partial charge in [-0.25, -0.2) is 9.78 Å². The number of carbonyl (C=O) groups excluding carboxylic acids is 2. The first-order chi connectivity index (χ1) is 13.5. The summed E-state index contributed by atoms with van der Waals surface area (Å²) in [6, 6.07) is 14.7. The maximum atomic E-state index is 12.0. The number of hydrogen-bond acceptors (Lipinski definition) is 5. The average Bonchev–Trinajstić information content (AvgIpc) is 3.23. The molecule has 0 saturated carbocycles. The largest absolute Gasteiger partial charge is 0.444 e. The van der Waals surface area contributed by atoms with Crippen molar-refractivity contribution in [1.82, 2.24) is 10.3 Å². The fraction of sp³-hybridized carbons (Fsp3) is 0.190. The van der Waals surface area contributed by atoms with E-state index in [0.29, 0.717) is 5.69 Å². The van der Waals surface area contributed by atoms with Crippen molar-refractivity contribution in [3.8, 4) is 0 Å². The van der Waals surface area contributed by atoms with Crippen LogP contribution < -0.4 is 10.6 Å². The fourth-order valence-corrected chi connectivity index (χ4v) is 2.52. The van der Waals surface area contributed by atoms with Crippen molar-refractivity contribution in [2.24, 2.45) is 0 Å². The second kappa shape index (κ2) is 8.85. The minimum atomic E-state index is -0.528. The Balaban J connectivity index is 0.00000225. The Labute approximate surface area is 165 Å². The number of oxazole rings is 1. The molecule has 7 nitrogen and oxygen atoms in total. The molecule has 0 saturated heterocycles. The van der Waals surface area contributed by atoms with Gasteiger partial charge in [0.1, 0.15) is 6.61 Å². The minimum Gasteiger partial charge on any atom is -0.444 e. The van der Waals surface area contributed by atoms with Gasteiger partial charge in [0, 0.05) is 8.54 Å². The van der Waals surface area contributed by atoms with Gasteiger partial charge in [-0.1, -0.05) is 42.0 Å². The maximum Gasteiger partial charge on any atom is 0.411 e. The minimum absolute atomic E-state index is 0. The van der Waals surface area contributed by atoms with E-state index in [9.17, 15) is 9.59 Å².